The molecule has 0 bridgehead atoms. The van der Waals surface area contributed by atoms with Crippen molar-refractivity contribution in [3.05, 3.63) is 30.2 Å². The maximum Gasteiger partial charge on any atom is 0.433 e. The van der Waals surface area contributed by atoms with Crippen LogP contribution in [0.3, 0.4) is 0 Å². The molecule has 1 saturated carbocycles. The molecule has 0 spiro atoms. The normalized spacial score (nSPS) is 14.3. The van der Waals surface area contributed by atoms with Gasteiger partial charge in [-0.25, -0.2) is 19.9 Å². The fraction of sp³-hybridized carbons (Fsp3) is 0.308. The monoisotopic (exact) mass is 372 g/mol. The van der Waals surface area contributed by atoms with Crippen molar-refractivity contribution in [1.82, 2.24) is 25.3 Å². The maximum absolute atomic E-state index is 13.0. The minimum atomic E-state index is -4.60. The molecule has 2 N–H and O–H groups in total. The lowest BCUT2D eigenvalue weighted by molar-refractivity contribution is -0.141. The second kappa shape index (κ2) is 6.85. The highest BCUT2D eigenvalue weighted by atomic mass is 32.2. The molecular formula is C13H11F3N6S2. The van der Waals surface area contributed by atoms with Gasteiger partial charge in [-0.05, 0) is 42.9 Å². The highest BCUT2D eigenvalue weighted by molar-refractivity contribution is 7.99. The van der Waals surface area contributed by atoms with Crippen LogP contribution in [0, 0.1) is 0 Å². The number of anilines is 1. The van der Waals surface area contributed by atoms with Gasteiger partial charge in [0.05, 0.1) is 0 Å². The molecule has 0 atom stereocenters. The highest BCUT2D eigenvalue weighted by Gasteiger charge is 2.34. The van der Waals surface area contributed by atoms with Gasteiger partial charge in [-0.3, -0.25) is 0 Å². The molecule has 1 aliphatic rings. The van der Waals surface area contributed by atoms with Crippen LogP contribution in [-0.4, -0.2) is 31.1 Å². The Hall–Kier alpha value is -2.01. The average Bonchev–Trinajstić information content (AvgIpc) is 3.31. The first-order chi connectivity index (χ1) is 11.4. The Balaban J connectivity index is 1.83. The average molecular weight is 372 g/mol. The van der Waals surface area contributed by atoms with Crippen molar-refractivity contribution >= 4 is 35.0 Å². The van der Waals surface area contributed by atoms with Crippen LogP contribution in [-0.2, 0) is 6.18 Å². The quantitative estimate of drug-likeness (QED) is 0.482. The van der Waals surface area contributed by atoms with Crippen LogP contribution in [0.5, 0.6) is 0 Å². The van der Waals surface area contributed by atoms with Crippen LogP contribution in [0.25, 0.3) is 0 Å². The second-order valence-electron chi connectivity index (χ2n) is 4.92. The van der Waals surface area contributed by atoms with E-state index in [0.717, 1.165) is 30.7 Å². The summed E-state index contributed by atoms with van der Waals surface area (Å²) in [5, 5.41) is 6.11. The largest absolute Gasteiger partial charge is 0.433 e. The van der Waals surface area contributed by atoms with Gasteiger partial charge in [0.1, 0.15) is 5.03 Å². The summed E-state index contributed by atoms with van der Waals surface area (Å²) in [6.45, 7) is 0. The van der Waals surface area contributed by atoms with Crippen LogP contribution in [0.1, 0.15) is 18.5 Å². The molecule has 1 aliphatic carbocycles. The van der Waals surface area contributed by atoms with E-state index < -0.39 is 11.9 Å². The van der Waals surface area contributed by atoms with Crippen LogP contribution >= 0.6 is 24.0 Å². The number of rotatable bonds is 4. The van der Waals surface area contributed by atoms with E-state index in [-0.39, 0.29) is 27.3 Å². The SMILES string of the molecule is FC(F)(F)c1cc(Sc2ncccn2)nc(NC(=S)NC2CC2)n1. The predicted molar refractivity (Wildman–Crippen MR) is 85.6 cm³/mol. The second-order valence-corrected chi connectivity index (χ2v) is 6.31. The fourth-order valence-electron chi connectivity index (χ4n) is 1.66. The van der Waals surface area contributed by atoms with Crippen molar-refractivity contribution < 1.29 is 13.2 Å². The fourth-order valence-corrected chi connectivity index (χ4v) is 2.64. The zero-order chi connectivity index (χ0) is 17.2. The molecule has 24 heavy (non-hydrogen) atoms. The summed E-state index contributed by atoms with van der Waals surface area (Å²) in [6.07, 6.45) is 0.358. The summed E-state index contributed by atoms with van der Waals surface area (Å²) in [6, 6.07) is 2.73. The summed E-state index contributed by atoms with van der Waals surface area (Å²) in [5.74, 6) is -0.221. The summed E-state index contributed by atoms with van der Waals surface area (Å²) in [4.78, 5) is 15.4. The first-order valence-electron chi connectivity index (χ1n) is 6.89. The molecule has 0 radical (unpaired) electrons. The van der Waals surface area contributed by atoms with E-state index in [9.17, 15) is 13.2 Å². The third kappa shape index (κ3) is 4.74. The van der Waals surface area contributed by atoms with E-state index in [4.69, 9.17) is 12.2 Å². The molecule has 2 aromatic heterocycles. The third-order valence-corrected chi connectivity index (χ3v) is 3.90. The molecule has 11 heteroatoms. The van der Waals surface area contributed by atoms with Crippen LogP contribution in [0.2, 0.25) is 0 Å². The first-order valence-corrected chi connectivity index (χ1v) is 8.11. The lowest BCUT2D eigenvalue weighted by Crippen LogP contribution is -2.31. The van der Waals surface area contributed by atoms with Gasteiger partial charge in [-0.2, -0.15) is 13.2 Å². The molecule has 0 unspecified atom stereocenters. The van der Waals surface area contributed by atoms with Gasteiger partial charge in [0, 0.05) is 24.5 Å². The minimum absolute atomic E-state index is 0.0697. The number of aromatic nitrogens is 4. The summed E-state index contributed by atoms with van der Waals surface area (Å²) in [7, 11) is 0. The van der Waals surface area contributed by atoms with Crippen molar-refractivity contribution in [2.75, 3.05) is 5.32 Å². The van der Waals surface area contributed by atoms with E-state index in [0.29, 0.717) is 0 Å². The van der Waals surface area contributed by atoms with Crippen LogP contribution < -0.4 is 10.6 Å². The Kier molecular flexibility index (Phi) is 4.81. The van der Waals surface area contributed by atoms with E-state index in [1.165, 1.54) is 12.4 Å². The smallest absolute Gasteiger partial charge is 0.360 e. The van der Waals surface area contributed by atoms with Gasteiger partial charge in [0.2, 0.25) is 5.95 Å². The summed E-state index contributed by atoms with van der Waals surface area (Å²) < 4.78 is 39.1. The number of nitrogens with one attached hydrogen (secondary N) is 2. The molecule has 0 amide bonds. The zero-order valence-electron chi connectivity index (χ0n) is 12.0. The van der Waals surface area contributed by atoms with E-state index >= 15 is 0 Å². The van der Waals surface area contributed by atoms with Crippen molar-refractivity contribution in [3.8, 4) is 0 Å². The van der Waals surface area contributed by atoms with Gasteiger partial charge < -0.3 is 10.6 Å². The molecule has 1 fully saturated rings. The zero-order valence-corrected chi connectivity index (χ0v) is 13.7. The van der Waals surface area contributed by atoms with E-state index in [1.54, 1.807) is 6.07 Å². The Morgan fingerprint density at radius 2 is 1.92 bits per heavy atom. The summed E-state index contributed by atoms with van der Waals surface area (Å²) >= 11 is 5.96. The molecule has 3 rings (SSSR count). The molecule has 6 nitrogen and oxygen atoms in total. The molecule has 126 valence electrons. The Labute approximate surface area is 144 Å². The number of alkyl halides is 3. The summed E-state index contributed by atoms with van der Waals surface area (Å²) in [5.41, 5.74) is -1.06. The number of halogens is 3. The maximum atomic E-state index is 13.0. The van der Waals surface area contributed by atoms with Gasteiger partial charge in [0.25, 0.3) is 0 Å². The number of nitrogens with zero attached hydrogens (tertiary/aromatic N) is 4. The Morgan fingerprint density at radius 3 is 2.54 bits per heavy atom. The first kappa shape index (κ1) is 16.8. The lowest BCUT2D eigenvalue weighted by atomic mass is 10.4. The van der Waals surface area contributed by atoms with Crippen molar-refractivity contribution in [3.63, 3.8) is 0 Å². The van der Waals surface area contributed by atoms with E-state index in [2.05, 4.69) is 30.6 Å². The molecular weight excluding hydrogens is 361 g/mol. The molecule has 2 heterocycles. The topological polar surface area (TPSA) is 75.6 Å². The van der Waals surface area contributed by atoms with Crippen LogP contribution in [0.4, 0.5) is 19.1 Å². The highest BCUT2D eigenvalue weighted by Crippen LogP contribution is 2.32. The van der Waals surface area contributed by atoms with E-state index in [1.807, 2.05) is 0 Å². The third-order valence-electron chi connectivity index (χ3n) is 2.87. The van der Waals surface area contributed by atoms with Gasteiger partial charge in [-0.1, -0.05) is 0 Å². The standard InChI is InChI=1S/C13H11F3N6S2/c14-13(15,16)8-6-9(24-12-17-4-1-5-18-12)21-10(20-8)22-11(23)19-7-2-3-7/h1,4-7H,2-3H2,(H2,19,20,21,22,23). The molecule has 2 aromatic rings. The van der Waals surface area contributed by atoms with Gasteiger partial charge in [-0.15, -0.1) is 0 Å². The van der Waals surface area contributed by atoms with Crippen LogP contribution in [0.15, 0.2) is 34.7 Å². The number of hydrogen-bond donors (Lipinski definition) is 2. The van der Waals surface area contributed by atoms with Gasteiger partial charge >= 0.3 is 6.18 Å². The number of thiocarbonyl (C=S) groups is 1. The Bertz CT molecular complexity index is 736. The van der Waals surface area contributed by atoms with Gasteiger partial charge in [0.15, 0.2) is 16.0 Å². The number of hydrogen-bond acceptors (Lipinski definition) is 6. The van der Waals surface area contributed by atoms with Crippen molar-refractivity contribution in [1.29, 1.82) is 0 Å². The lowest BCUT2D eigenvalue weighted by Gasteiger charge is -2.12. The minimum Gasteiger partial charge on any atom is -0.360 e. The van der Waals surface area contributed by atoms with Crippen molar-refractivity contribution in [2.24, 2.45) is 0 Å². The Morgan fingerprint density at radius 1 is 1.21 bits per heavy atom. The molecule has 0 aliphatic heterocycles. The molecule has 0 saturated heterocycles. The van der Waals surface area contributed by atoms with Crippen molar-refractivity contribution in [2.45, 2.75) is 35.2 Å². The molecule has 0 aromatic carbocycles. The predicted octanol–water partition coefficient (Wildman–Crippen LogP) is 2.89.